The lowest BCUT2D eigenvalue weighted by Crippen LogP contribution is -2.38. The van der Waals surface area contributed by atoms with Gasteiger partial charge in [0.2, 0.25) is 0 Å². The quantitative estimate of drug-likeness (QED) is 0.773. The van der Waals surface area contributed by atoms with Crippen molar-refractivity contribution in [1.29, 1.82) is 0 Å². The van der Waals surface area contributed by atoms with E-state index in [-0.39, 0.29) is 0 Å². The molecule has 1 unspecified atom stereocenters. The zero-order valence-corrected chi connectivity index (χ0v) is 13.1. The fraction of sp³-hybridized carbons (Fsp3) is 0.688. The Kier molecular flexibility index (Phi) is 5.80. The van der Waals surface area contributed by atoms with Crippen molar-refractivity contribution in [2.75, 3.05) is 38.6 Å². The monoisotopic (exact) mass is 276 g/mol. The minimum Gasteiger partial charge on any atom is -0.352 e. The predicted octanol–water partition coefficient (Wildman–Crippen LogP) is 2.11. The van der Waals surface area contributed by atoms with E-state index in [0.717, 1.165) is 32.0 Å². The molecule has 0 bridgehead atoms. The Hall–Kier alpha value is -1.13. The maximum Gasteiger partial charge on any atom is 0.129 e. The molecule has 1 aromatic rings. The largest absolute Gasteiger partial charge is 0.352 e. The molecule has 1 aliphatic heterocycles. The van der Waals surface area contributed by atoms with Crippen LogP contribution in [0.2, 0.25) is 0 Å². The number of anilines is 1. The van der Waals surface area contributed by atoms with E-state index in [0.29, 0.717) is 6.04 Å². The van der Waals surface area contributed by atoms with Gasteiger partial charge in [-0.1, -0.05) is 6.92 Å². The third-order valence-electron chi connectivity index (χ3n) is 3.81. The highest BCUT2D eigenvalue weighted by atomic mass is 15.3. The first-order chi connectivity index (χ1) is 9.70. The molecule has 1 saturated heterocycles. The SMILES string of the molecule is CCCNCc1ccnc(N2CCCC2CN(C)C)c1. The summed E-state index contributed by atoms with van der Waals surface area (Å²) in [6.07, 6.45) is 5.68. The normalized spacial score (nSPS) is 19.0. The molecule has 1 aromatic heterocycles. The number of rotatable bonds is 7. The van der Waals surface area contributed by atoms with Crippen LogP contribution in [0.4, 0.5) is 5.82 Å². The first kappa shape index (κ1) is 15.3. The molecule has 0 radical (unpaired) electrons. The number of nitrogens with one attached hydrogen (secondary N) is 1. The molecule has 0 aliphatic carbocycles. The van der Waals surface area contributed by atoms with E-state index in [1.165, 1.54) is 24.8 Å². The van der Waals surface area contributed by atoms with Gasteiger partial charge in [-0.25, -0.2) is 4.98 Å². The van der Waals surface area contributed by atoms with Crippen LogP contribution >= 0.6 is 0 Å². The Bertz CT molecular complexity index is 405. The maximum atomic E-state index is 4.59. The smallest absolute Gasteiger partial charge is 0.129 e. The Morgan fingerprint density at radius 2 is 2.30 bits per heavy atom. The summed E-state index contributed by atoms with van der Waals surface area (Å²) in [7, 11) is 4.30. The van der Waals surface area contributed by atoms with Crippen molar-refractivity contribution in [3.8, 4) is 0 Å². The van der Waals surface area contributed by atoms with Crippen LogP contribution in [0.5, 0.6) is 0 Å². The van der Waals surface area contributed by atoms with Crippen molar-refractivity contribution >= 4 is 5.82 Å². The molecular weight excluding hydrogens is 248 g/mol. The third-order valence-corrected chi connectivity index (χ3v) is 3.81. The molecule has 1 N–H and O–H groups in total. The Labute approximate surface area is 123 Å². The van der Waals surface area contributed by atoms with Crippen LogP contribution < -0.4 is 10.2 Å². The molecule has 0 aromatic carbocycles. The number of hydrogen-bond acceptors (Lipinski definition) is 4. The zero-order chi connectivity index (χ0) is 14.4. The second kappa shape index (κ2) is 7.60. The van der Waals surface area contributed by atoms with E-state index < -0.39 is 0 Å². The first-order valence-electron chi connectivity index (χ1n) is 7.77. The highest BCUT2D eigenvalue weighted by molar-refractivity contribution is 5.43. The highest BCUT2D eigenvalue weighted by Crippen LogP contribution is 2.24. The molecular formula is C16H28N4. The summed E-state index contributed by atoms with van der Waals surface area (Å²) in [5, 5.41) is 3.46. The van der Waals surface area contributed by atoms with Crippen LogP contribution in [0.3, 0.4) is 0 Å². The van der Waals surface area contributed by atoms with Crippen molar-refractivity contribution in [2.24, 2.45) is 0 Å². The van der Waals surface area contributed by atoms with E-state index in [2.05, 4.69) is 53.3 Å². The lowest BCUT2D eigenvalue weighted by atomic mass is 10.2. The van der Waals surface area contributed by atoms with Gasteiger partial charge in [-0.3, -0.25) is 0 Å². The van der Waals surface area contributed by atoms with Gasteiger partial charge in [0, 0.05) is 31.9 Å². The molecule has 0 spiro atoms. The Morgan fingerprint density at radius 1 is 1.45 bits per heavy atom. The zero-order valence-electron chi connectivity index (χ0n) is 13.1. The van der Waals surface area contributed by atoms with Crippen LogP contribution in [0.25, 0.3) is 0 Å². The molecule has 1 aliphatic rings. The van der Waals surface area contributed by atoms with Crippen LogP contribution in [0, 0.1) is 0 Å². The molecule has 20 heavy (non-hydrogen) atoms. The van der Waals surface area contributed by atoms with E-state index in [1.54, 1.807) is 0 Å². The average molecular weight is 276 g/mol. The molecule has 2 rings (SSSR count). The number of pyridine rings is 1. The standard InChI is InChI=1S/C16H28N4/c1-4-8-17-12-14-7-9-18-16(11-14)20-10-5-6-15(20)13-19(2)3/h7,9,11,15,17H,4-6,8,10,12-13H2,1-3H3. The summed E-state index contributed by atoms with van der Waals surface area (Å²) in [5.74, 6) is 1.14. The third kappa shape index (κ3) is 4.18. The fourth-order valence-electron chi connectivity index (χ4n) is 2.89. The summed E-state index contributed by atoms with van der Waals surface area (Å²) < 4.78 is 0. The van der Waals surface area contributed by atoms with Gasteiger partial charge in [0.25, 0.3) is 0 Å². The van der Waals surface area contributed by atoms with Gasteiger partial charge in [-0.2, -0.15) is 0 Å². The lowest BCUT2D eigenvalue weighted by Gasteiger charge is -2.28. The fourth-order valence-corrected chi connectivity index (χ4v) is 2.89. The molecule has 4 nitrogen and oxygen atoms in total. The van der Waals surface area contributed by atoms with Crippen molar-refractivity contribution in [2.45, 2.75) is 38.8 Å². The molecule has 4 heteroatoms. The van der Waals surface area contributed by atoms with Gasteiger partial charge >= 0.3 is 0 Å². The van der Waals surface area contributed by atoms with Crippen molar-refractivity contribution in [3.05, 3.63) is 23.9 Å². The van der Waals surface area contributed by atoms with Crippen LogP contribution in [0.15, 0.2) is 18.3 Å². The van der Waals surface area contributed by atoms with Crippen LogP contribution in [-0.4, -0.2) is 49.7 Å². The van der Waals surface area contributed by atoms with E-state index in [9.17, 15) is 0 Å². The van der Waals surface area contributed by atoms with E-state index >= 15 is 0 Å². The van der Waals surface area contributed by atoms with Gasteiger partial charge in [0.15, 0.2) is 0 Å². The molecule has 0 saturated carbocycles. The summed E-state index contributed by atoms with van der Waals surface area (Å²) in [4.78, 5) is 9.34. The van der Waals surface area contributed by atoms with Gasteiger partial charge < -0.3 is 15.1 Å². The Morgan fingerprint density at radius 3 is 3.05 bits per heavy atom. The maximum absolute atomic E-state index is 4.59. The molecule has 2 heterocycles. The lowest BCUT2D eigenvalue weighted by molar-refractivity contribution is 0.371. The summed E-state index contributed by atoms with van der Waals surface area (Å²) in [6.45, 7) is 6.46. The minimum absolute atomic E-state index is 0.608. The average Bonchev–Trinajstić information content (AvgIpc) is 2.87. The highest BCUT2D eigenvalue weighted by Gasteiger charge is 2.25. The minimum atomic E-state index is 0.608. The van der Waals surface area contributed by atoms with Gasteiger partial charge in [0.1, 0.15) is 5.82 Å². The van der Waals surface area contributed by atoms with Crippen molar-refractivity contribution in [1.82, 2.24) is 15.2 Å². The van der Waals surface area contributed by atoms with Gasteiger partial charge in [-0.05, 0) is 57.6 Å². The second-order valence-corrected chi connectivity index (χ2v) is 5.95. The molecule has 0 amide bonds. The second-order valence-electron chi connectivity index (χ2n) is 5.95. The number of nitrogens with zero attached hydrogens (tertiary/aromatic N) is 3. The van der Waals surface area contributed by atoms with E-state index in [4.69, 9.17) is 0 Å². The van der Waals surface area contributed by atoms with E-state index in [1.807, 2.05) is 6.20 Å². The molecule has 1 atom stereocenters. The van der Waals surface area contributed by atoms with Crippen LogP contribution in [0.1, 0.15) is 31.7 Å². The van der Waals surface area contributed by atoms with Gasteiger partial charge in [0.05, 0.1) is 0 Å². The number of aromatic nitrogens is 1. The summed E-state index contributed by atoms with van der Waals surface area (Å²) in [5.41, 5.74) is 1.33. The molecule has 1 fully saturated rings. The summed E-state index contributed by atoms with van der Waals surface area (Å²) in [6, 6.07) is 4.97. The first-order valence-corrected chi connectivity index (χ1v) is 7.77. The van der Waals surface area contributed by atoms with Crippen LogP contribution in [-0.2, 0) is 6.54 Å². The van der Waals surface area contributed by atoms with Gasteiger partial charge in [-0.15, -0.1) is 0 Å². The topological polar surface area (TPSA) is 31.4 Å². The van der Waals surface area contributed by atoms with Crippen molar-refractivity contribution < 1.29 is 0 Å². The van der Waals surface area contributed by atoms with Crippen molar-refractivity contribution in [3.63, 3.8) is 0 Å². The Balaban J connectivity index is 2.01. The molecule has 112 valence electrons. The predicted molar refractivity (Wildman–Crippen MR) is 85.2 cm³/mol. The number of hydrogen-bond donors (Lipinski definition) is 1. The number of likely N-dealkylation sites (N-methyl/N-ethyl adjacent to an activating group) is 1. The summed E-state index contributed by atoms with van der Waals surface area (Å²) >= 11 is 0.